The zero-order chi connectivity index (χ0) is 61.6. The molecule has 2 saturated heterocycles. The van der Waals surface area contributed by atoms with E-state index in [1.54, 1.807) is 62.5 Å². The van der Waals surface area contributed by atoms with Crippen molar-refractivity contribution in [3.05, 3.63) is 102 Å². The van der Waals surface area contributed by atoms with Crippen LogP contribution < -0.4 is 48.3 Å². The minimum atomic E-state index is -1.54. The number of likely N-dealkylation sites (tertiary alicyclic amines) is 1. The lowest BCUT2D eigenvalue weighted by Gasteiger charge is -2.31. The standard InChI is InChI=1S/C59H84N14O12/c1-34(2)24-43(49(75)29-50(76)72-51(35(3)4)57(82)70-45(26-37-17-19-40(74)20-18-37)53(78)66-42(59(84)85)14-8-9-21-60)67-55(80)46(27-38-30-61-32-64-38)68-54(79)44(25-36-12-6-5-7-13-36)69-56(81)48-16-11-23-73(48)58(83)47(28-39-31-62-33-65-39)71-52(77)41-15-10-22-63-41/h5-7,12-13,17-20,30-35,41-49,51,63,74-75H,8-11,14-16,21-29,60H2,1-4H3,(H,61,64)(H,62,65)(H,66,78)(H,67,80)(H,68,79)(H,69,81)(H,70,82)(H,71,77)(H,72,76)(H,84,85)/t41-,42-,43?,44-,45-,46-,47-,48-,49?,51-/m0/s1. The van der Waals surface area contributed by atoms with Crippen LogP contribution in [0.4, 0.5) is 0 Å². The maximum Gasteiger partial charge on any atom is 0.326 e. The Bertz CT molecular complexity index is 2810. The average molecular weight is 1180 g/mol. The third kappa shape index (κ3) is 20.5. The first-order valence-corrected chi connectivity index (χ1v) is 29.2. The highest BCUT2D eigenvalue weighted by Gasteiger charge is 2.41. The van der Waals surface area contributed by atoms with Gasteiger partial charge in [-0.2, -0.15) is 0 Å². The molecule has 4 aromatic rings. The number of aliphatic hydroxyl groups is 1. The van der Waals surface area contributed by atoms with Gasteiger partial charge in [0.25, 0.3) is 0 Å². The van der Waals surface area contributed by atoms with Crippen LogP contribution in [0.3, 0.4) is 0 Å². The summed E-state index contributed by atoms with van der Waals surface area (Å²) in [6, 6.07) is 4.68. The van der Waals surface area contributed by atoms with Crippen LogP contribution in [0.1, 0.15) is 108 Å². The second-order valence-electron chi connectivity index (χ2n) is 22.7. The van der Waals surface area contributed by atoms with Gasteiger partial charge in [-0.1, -0.05) is 70.2 Å². The number of nitrogens with zero attached hydrogens (tertiary/aromatic N) is 3. The number of hydrogen-bond donors (Lipinski definition) is 14. The molecule has 26 heteroatoms. The minimum Gasteiger partial charge on any atom is -0.508 e. The molecule has 15 N–H and O–H groups in total. The number of phenolic OH excluding ortho intramolecular Hbond substituents is 1. The van der Waals surface area contributed by atoms with E-state index < -0.39 is 120 Å². The number of unbranched alkanes of at least 4 members (excludes halogenated alkanes) is 1. The van der Waals surface area contributed by atoms with Gasteiger partial charge in [-0.15, -0.1) is 0 Å². The minimum absolute atomic E-state index is 0.0172. The Kier molecular flexibility index (Phi) is 25.4. The van der Waals surface area contributed by atoms with Gasteiger partial charge in [0.2, 0.25) is 47.3 Å². The van der Waals surface area contributed by atoms with Crippen molar-refractivity contribution in [2.24, 2.45) is 17.6 Å². The number of rotatable bonds is 33. The number of imidazole rings is 2. The molecule has 8 amide bonds. The number of carbonyl (C=O) groups is 9. The number of nitrogens with one attached hydrogen (secondary N) is 10. The van der Waals surface area contributed by atoms with Gasteiger partial charge >= 0.3 is 5.97 Å². The molecule has 0 aliphatic carbocycles. The van der Waals surface area contributed by atoms with Gasteiger partial charge in [0.1, 0.15) is 48.0 Å². The molecule has 2 aromatic carbocycles. The normalized spacial score (nSPS) is 17.8. The Labute approximate surface area is 494 Å². The Morgan fingerprint density at radius 3 is 1.81 bits per heavy atom. The number of aromatic nitrogens is 4. The van der Waals surface area contributed by atoms with E-state index in [-0.39, 0.29) is 69.1 Å². The van der Waals surface area contributed by atoms with Crippen LogP contribution in [0.5, 0.6) is 5.75 Å². The molecule has 2 fully saturated rings. The molecule has 2 aliphatic heterocycles. The molecule has 2 unspecified atom stereocenters. The summed E-state index contributed by atoms with van der Waals surface area (Å²) in [4.78, 5) is 141. The van der Waals surface area contributed by atoms with E-state index in [1.165, 1.54) is 35.9 Å². The zero-order valence-corrected chi connectivity index (χ0v) is 48.7. The van der Waals surface area contributed by atoms with Crippen LogP contribution in [-0.2, 0) is 68.8 Å². The van der Waals surface area contributed by atoms with E-state index in [1.807, 2.05) is 13.8 Å². The number of amides is 8. The first kappa shape index (κ1) is 65.9. The molecule has 26 nitrogen and oxygen atoms in total. The fourth-order valence-electron chi connectivity index (χ4n) is 10.5. The van der Waals surface area contributed by atoms with Gasteiger partial charge < -0.3 is 78.5 Å². The SMILES string of the molecule is CC(C)CC(NC(=O)[C@H](Cc1cnc[nH]1)NC(=O)[C@H](Cc1ccccc1)NC(=O)[C@@H]1CCCN1C(=O)[C@H](Cc1cnc[nH]1)NC(=O)[C@@H]1CCCN1)C(O)CC(=O)N[C@H](C(=O)N[C@@H](Cc1ccc(O)cc1)C(=O)N[C@@H](CCCCN)C(=O)O)C(C)C. The molecule has 0 spiro atoms. The topological polar surface area (TPSA) is 397 Å². The molecular weight excluding hydrogens is 1100 g/mol. The monoisotopic (exact) mass is 1180 g/mol. The summed E-state index contributed by atoms with van der Waals surface area (Å²) in [5.41, 5.74) is 7.85. The first-order chi connectivity index (χ1) is 40.7. The molecule has 0 saturated carbocycles. The predicted molar refractivity (Wildman–Crippen MR) is 311 cm³/mol. The molecule has 0 radical (unpaired) electrons. The fourth-order valence-corrected chi connectivity index (χ4v) is 10.5. The van der Waals surface area contributed by atoms with E-state index in [2.05, 4.69) is 62.5 Å². The third-order valence-corrected chi connectivity index (χ3v) is 15.1. The van der Waals surface area contributed by atoms with Crippen LogP contribution in [0.15, 0.2) is 79.6 Å². The van der Waals surface area contributed by atoms with Gasteiger partial charge in [-0.3, -0.25) is 38.4 Å². The number of phenols is 1. The quantitative estimate of drug-likeness (QED) is 0.0277. The molecule has 0 bridgehead atoms. The lowest BCUT2D eigenvalue weighted by molar-refractivity contribution is -0.142. The Morgan fingerprint density at radius 1 is 0.659 bits per heavy atom. The van der Waals surface area contributed by atoms with Crippen molar-refractivity contribution in [1.29, 1.82) is 0 Å². The van der Waals surface area contributed by atoms with Crippen molar-refractivity contribution in [3.8, 4) is 5.75 Å². The van der Waals surface area contributed by atoms with Crippen LogP contribution in [0.25, 0.3) is 0 Å². The summed E-state index contributed by atoms with van der Waals surface area (Å²) in [5, 5.41) is 54.0. The number of H-pyrrole nitrogens is 2. The summed E-state index contributed by atoms with van der Waals surface area (Å²) in [6.07, 6.45) is 6.93. The number of aromatic amines is 2. The number of hydrogen-bond acceptors (Lipinski definition) is 15. The second kappa shape index (κ2) is 32.7. The lowest BCUT2D eigenvalue weighted by atomic mass is 9.95. The van der Waals surface area contributed by atoms with Crippen molar-refractivity contribution in [1.82, 2.24) is 67.4 Å². The molecule has 462 valence electrons. The molecule has 2 aromatic heterocycles. The summed E-state index contributed by atoms with van der Waals surface area (Å²) in [7, 11) is 0. The summed E-state index contributed by atoms with van der Waals surface area (Å²) in [6.45, 7) is 8.21. The summed E-state index contributed by atoms with van der Waals surface area (Å²) < 4.78 is 0. The highest BCUT2D eigenvalue weighted by Crippen LogP contribution is 2.22. The van der Waals surface area contributed by atoms with E-state index >= 15 is 0 Å². The van der Waals surface area contributed by atoms with Crippen LogP contribution in [-0.4, -0.2) is 173 Å². The van der Waals surface area contributed by atoms with Gasteiger partial charge in [0.15, 0.2) is 0 Å². The van der Waals surface area contributed by atoms with E-state index in [4.69, 9.17) is 5.73 Å². The maximum atomic E-state index is 14.7. The number of aliphatic carboxylic acids is 1. The van der Waals surface area contributed by atoms with Crippen molar-refractivity contribution in [2.45, 2.75) is 172 Å². The van der Waals surface area contributed by atoms with Crippen molar-refractivity contribution < 1.29 is 58.5 Å². The average Bonchev–Trinajstić information content (AvgIpc) is 3.11. The van der Waals surface area contributed by atoms with E-state index in [0.717, 1.165) is 6.42 Å². The second-order valence-corrected chi connectivity index (χ2v) is 22.7. The number of carboxylic acids is 1. The third-order valence-electron chi connectivity index (χ3n) is 15.1. The van der Waals surface area contributed by atoms with E-state index in [0.29, 0.717) is 61.3 Å². The highest BCUT2D eigenvalue weighted by molar-refractivity contribution is 5.97. The van der Waals surface area contributed by atoms with Gasteiger partial charge in [-0.05, 0) is 99.6 Å². The molecular formula is C59H84N14O12. The summed E-state index contributed by atoms with van der Waals surface area (Å²) in [5.74, 6) is -7.30. The molecule has 6 rings (SSSR count). The zero-order valence-electron chi connectivity index (χ0n) is 48.7. The Balaban J connectivity index is 1.16. The van der Waals surface area contributed by atoms with Crippen molar-refractivity contribution in [2.75, 3.05) is 19.6 Å². The van der Waals surface area contributed by atoms with Crippen molar-refractivity contribution in [3.63, 3.8) is 0 Å². The number of nitrogens with two attached hydrogens (primary N) is 1. The van der Waals surface area contributed by atoms with Crippen LogP contribution in [0, 0.1) is 11.8 Å². The fraction of sp³-hybridized carbons (Fsp3) is 0.542. The lowest BCUT2D eigenvalue weighted by Crippen LogP contribution is -2.60. The van der Waals surface area contributed by atoms with Crippen molar-refractivity contribution >= 4 is 53.2 Å². The smallest absolute Gasteiger partial charge is 0.326 e. The first-order valence-electron chi connectivity index (χ1n) is 29.2. The highest BCUT2D eigenvalue weighted by atomic mass is 16.4. The van der Waals surface area contributed by atoms with E-state index in [9.17, 15) is 58.5 Å². The largest absolute Gasteiger partial charge is 0.508 e. The number of aliphatic hydroxyl groups excluding tert-OH is 1. The maximum absolute atomic E-state index is 14.7. The molecule has 2 aliphatic rings. The van der Waals surface area contributed by atoms with Gasteiger partial charge in [0, 0.05) is 56.0 Å². The number of carboxylic acid groups (broad SMARTS) is 1. The molecule has 85 heavy (non-hydrogen) atoms. The summed E-state index contributed by atoms with van der Waals surface area (Å²) >= 11 is 0. The van der Waals surface area contributed by atoms with Crippen LogP contribution >= 0.6 is 0 Å². The molecule has 10 atom stereocenters. The van der Waals surface area contributed by atoms with Gasteiger partial charge in [-0.25, -0.2) is 14.8 Å². The number of carbonyl (C=O) groups excluding carboxylic acids is 8. The number of benzene rings is 2. The van der Waals surface area contributed by atoms with Crippen LogP contribution in [0.2, 0.25) is 0 Å². The predicted octanol–water partition coefficient (Wildman–Crippen LogP) is -0.0877. The Hall–Kier alpha value is -8.23. The number of aromatic hydroxyl groups is 1. The molecule has 4 heterocycles. The van der Waals surface area contributed by atoms with Gasteiger partial charge in [0.05, 0.1) is 37.3 Å². The Morgan fingerprint density at radius 2 is 1.24 bits per heavy atom.